The van der Waals surface area contributed by atoms with Crippen molar-refractivity contribution in [1.29, 1.82) is 0 Å². The van der Waals surface area contributed by atoms with E-state index in [0.717, 1.165) is 0 Å². The average molecular weight is 153 g/mol. The number of hydrogen-bond acceptors (Lipinski definition) is 0. The maximum Gasteiger partial charge on any atom is -0.00302 e. The first kappa shape index (κ1) is 10.7. The number of allylic oxidation sites excluding steroid dienone is 1. The van der Waals surface area contributed by atoms with Crippen LogP contribution in [0.5, 0.6) is 0 Å². The molecule has 0 heterocycles. The summed E-state index contributed by atoms with van der Waals surface area (Å²) in [5, 5.41) is 0. The molecule has 0 fully saturated rings. The Bertz CT molecular complexity index is 84.0. The summed E-state index contributed by atoms with van der Waals surface area (Å²) < 4.78 is 0. The molecule has 0 aromatic rings. The van der Waals surface area contributed by atoms with E-state index in [1.54, 1.807) is 5.92 Å². The molecule has 0 heteroatoms. The smallest absolute Gasteiger partial charge is 0.00302 e. The van der Waals surface area contributed by atoms with Crippen LogP contribution in [0.15, 0.2) is 12.7 Å². The van der Waals surface area contributed by atoms with Gasteiger partial charge in [-0.3, -0.25) is 0 Å². The van der Waals surface area contributed by atoms with Crippen molar-refractivity contribution in [3.8, 4) is 0 Å². The Hall–Kier alpha value is -0.260. The Balaban J connectivity index is 3.28. The highest BCUT2D eigenvalue weighted by atomic mass is 14.1. The topological polar surface area (TPSA) is 0 Å². The van der Waals surface area contributed by atoms with Crippen LogP contribution in [0.4, 0.5) is 0 Å². The van der Waals surface area contributed by atoms with Gasteiger partial charge in [-0.05, 0) is 18.8 Å². The molecular formula is C11H21. The summed E-state index contributed by atoms with van der Waals surface area (Å²) in [4.78, 5) is 0. The second-order valence-corrected chi connectivity index (χ2v) is 3.07. The molecule has 0 aliphatic heterocycles. The zero-order valence-corrected chi connectivity index (χ0v) is 8.03. The molecule has 0 aromatic heterocycles. The molecule has 0 atom stereocenters. The van der Waals surface area contributed by atoms with E-state index in [0.29, 0.717) is 0 Å². The minimum atomic E-state index is 1.24. The average Bonchev–Trinajstić information content (AvgIpc) is 2.03. The lowest BCUT2D eigenvalue weighted by atomic mass is 9.97. The predicted molar refractivity (Wildman–Crippen MR) is 52.5 cm³/mol. The second-order valence-electron chi connectivity index (χ2n) is 3.07. The first-order valence-corrected chi connectivity index (χ1v) is 4.82. The van der Waals surface area contributed by atoms with Gasteiger partial charge in [0.25, 0.3) is 0 Å². The highest BCUT2D eigenvalue weighted by Gasteiger charge is 2.01. The molecule has 11 heavy (non-hydrogen) atoms. The fraction of sp³-hybridized carbons (Fsp3) is 0.727. The summed E-state index contributed by atoms with van der Waals surface area (Å²) in [6.45, 7) is 8.29. The van der Waals surface area contributed by atoms with Crippen molar-refractivity contribution in [3.63, 3.8) is 0 Å². The third kappa shape index (κ3) is 6.15. The summed E-state index contributed by atoms with van der Waals surface area (Å²) in [7, 11) is 0. The van der Waals surface area contributed by atoms with Gasteiger partial charge in [-0.1, -0.05) is 45.6 Å². The highest BCUT2D eigenvalue weighted by Crippen LogP contribution is 2.18. The third-order valence-electron chi connectivity index (χ3n) is 1.96. The quantitative estimate of drug-likeness (QED) is 0.482. The zero-order chi connectivity index (χ0) is 8.53. The van der Waals surface area contributed by atoms with Crippen molar-refractivity contribution in [1.82, 2.24) is 0 Å². The molecule has 0 nitrogen and oxygen atoms in total. The first-order valence-electron chi connectivity index (χ1n) is 4.82. The Labute approximate surface area is 71.7 Å². The van der Waals surface area contributed by atoms with Gasteiger partial charge in [0.1, 0.15) is 0 Å². The molecule has 0 bridgehead atoms. The van der Waals surface area contributed by atoms with Gasteiger partial charge in [0, 0.05) is 0 Å². The second kappa shape index (κ2) is 7.84. The van der Waals surface area contributed by atoms with Gasteiger partial charge in [0.2, 0.25) is 0 Å². The standard InChI is InChI=1S/C11H21/c1-4-7-8-10-11(6-3)9-5-2/h6H,3-5,7-10H2,1-2H3. The van der Waals surface area contributed by atoms with Crippen LogP contribution in [0.3, 0.4) is 0 Å². The number of rotatable bonds is 7. The molecule has 0 amide bonds. The fourth-order valence-corrected chi connectivity index (χ4v) is 1.25. The van der Waals surface area contributed by atoms with Gasteiger partial charge in [-0.2, -0.15) is 0 Å². The summed E-state index contributed by atoms with van der Waals surface area (Å²) in [6, 6.07) is 0. The van der Waals surface area contributed by atoms with Crippen LogP contribution in [0.1, 0.15) is 52.4 Å². The third-order valence-corrected chi connectivity index (χ3v) is 1.96. The fourth-order valence-electron chi connectivity index (χ4n) is 1.25. The molecule has 65 valence electrons. The van der Waals surface area contributed by atoms with E-state index in [1.165, 1.54) is 38.5 Å². The maximum absolute atomic E-state index is 3.82. The van der Waals surface area contributed by atoms with Gasteiger partial charge in [-0.15, -0.1) is 6.58 Å². The lowest BCUT2D eigenvalue weighted by molar-refractivity contribution is 0.655. The molecule has 0 aliphatic rings. The molecule has 0 N–H and O–H groups in total. The molecule has 1 radical (unpaired) electrons. The van der Waals surface area contributed by atoms with Crippen LogP contribution in [0, 0.1) is 5.92 Å². The van der Waals surface area contributed by atoms with Crippen LogP contribution in [-0.2, 0) is 0 Å². The zero-order valence-electron chi connectivity index (χ0n) is 8.03. The molecule has 0 aromatic carbocycles. The number of unbranched alkanes of at least 4 members (excludes halogenated alkanes) is 2. The van der Waals surface area contributed by atoms with Gasteiger partial charge >= 0.3 is 0 Å². The lowest BCUT2D eigenvalue weighted by Gasteiger charge is -2.08. The van der Waals surface area contributed by atoms with E-state index in [4.69, 9.17) is 0 Å². The van der Waals surface area contributed by atoms with Crippen molar-refractivity contribution in [2.75, 3.05) is 0 Å². The minimum absolute atomic E-state index is 1.24. The monoisotopic (exact) mass is 153 g/mol. The van der Waals surface area contributed by atoms with E-state index in [2.05, 4.69) is 20.4 Å². The first-order chi connectivity index (χ1) is 5.35. The van der Waals surface area contributed by atoms with Crippen LogP contribution < -0.4 is 0 Å². The maximum atomic E-state index is 3.82. The summed E-state index contributed by atoms with van der Waals surface area (Å²) in [6.07, 6.45) is 9.83. The van der Waals surface area contributed by atoms with Crippen LogP contribution in [-0.4, -0.2) is 0 Å². The SMILES string of the molecule is C=C[C](CCC)CCCCC. The van der Waals surface area contributed by atoms with E-state index < -0.39 is 0 Å². The summed E-state index contributed by atoms with van der Waals surface area (Å²) >= 11 is 0. The Morgan fingerprint density at radius 1 is 1.09 bits per heavy atom. The molecule has 0 aliphatic carbocycles. The van der Waals surface area contributed by atoms with Gasteiger partial charge < -0.3 is 0 Å². The van der Waals surface area contributed by atoms with Crippen molar-refractivity contribution in [3.05, 3.63) is 18.6 Å². The molecule has 0 spiro atoms. The minimum Gasteiger partial charge on any atom is -0.102 e. The van der Waals surface area contributed by atoms with E-state index >= 15 is 0 Å². The van der Waals surface area contributed by atoms with Gasteiger partial charge in [-0.25, -0.2) is 0 Å². The largest absolute Gasteiger partial charge is 0.102 e. The van der Waals surface area contributed by atoms with E-state index in [-0.39, 0.29) is 0 Å². The Morgan fingerprint density at radius 3 is 2.27 bits per heavy atom. The summed E-state index contributed by atoms with van der Waals surface area (Å²) in [5.74, 6) is 1.54. The molecule has 0 saturated carbocycles. The van der Waals surface area contributed by atoms with Crippen molar-refractivity contribution in [2.45, 2.75) is 52.4 Å². The summed E-state index contributed by atoms with van der Waals surface area (Å²) in [5.41, 5.74) is 0. The van der Waals surface area contributed by atoms with Crippen LogP contribution in [0.25, 0.3) is 0 Å². The lowest BCUT2D eigenvalue weighted by Crippen LogP contribution is -1.92. The van der Waals surface area contributed by atoms with Crippen molar-refractivity contribution in [2.24, 2.45) is 0 Å². The molecular weight excluding hydrogens is 132 g/mol. The van der Waals surface area contributed by atoms with Crippen LogP contribution >= 0.6 is 0 Å². The normalized spacial score (nSPS) is 10.5. The Morgan fingerprint density at radius 2 is 1.82 bits per heavy atom. The molecule has 0 rings (SSSR count). The highest BCUT2D eigenvalue weighted by molar-refractivity contribution is 5.05. The van der Waals surface area contributed by atoms with Gasteiger partial charge in [0.15, 0.2) is 0 Å². The Kier molecular flexibility index (Phi) is 7.66. The number of hydrogen-bond donors (Lipinski definition) is 0. The van der Waals surface area contributed by atoms with Crippen LogP contribution in [0.2, 0.25) is 0 Å². The van der Waals surface area contributed by atoms with Crippen molar-refractivity contribution < 1.29 is 0 Å². The molecule has 0 saturated heterocycles. The molecule has 0 unspecified atom stereocenters. The van der Waals surface area contributed by atoms with E-state index in [9.17, 15) is 0 Å². The van der Waals surface area contributed by atoms with Gasteiger partial charge in [0.05, 0.1) is 0 Å². The van der Waals surface area contributed by atoms with E-state index in [1.807, 2.05) is 6.08 Å². The van der Waals surface area contributed by atoms with Crippen molar-refractivity contribution >= 4 is 0 Å². The predicted octanol–water partition coefficient (Wildman–Crippen LogP) is 4.13.